The molecule has 0 unspecified atom stereocenters. The zero-order valence-electron chi connectivity index (χ0n) is 14.1. The fourth-order valence-corrected chi connectivity index (χ4v) is 2.16. The van der Waals surface area contributed by atoms with Crippen molar-refractivity contribution in [2.45, 2.75) is 13.5 Å². The summed E-state index contributed by atoms with van der Waals surface area (Å²) in [6, 6.07) is 12.9. The normalized spacial score (nSPS) is 10.2. The number of hydrogen-bond donors (Lipinski definition) is 2. The third-order valence-corrected chi connectivity index (χ3v) is 3.49. The van der Waals surface area contributed by atoms with Crippen LogP contribution in [0.25, 0.3) is 0 Å². The molecule has 0 saturated heterocycles. The van der Waals surface area contributed by atoms with Gasteiger partial charge in [0.05, 0.1) is 0 Å². The van der Waals surface area contributed by atoms with Crippen molar-refractivity contribution in [2.75, 3.05) is 10.6 Å². The van der Waals surface area contributed by atoms with Crippen molar-refractivity contribution in [3.63, 3.8) is 0 Å². The summed E-state index contributed by atoms with van der Waals surface area (Å²) in [6.45, 7) is 2.14. The van der Waals surface area contributed by atoms with Crippen LogP contribution in [-0.4, -0.2) is 16.0 Å². The van der Waals surface area contributed by atoms with Gasteiger partial charge in [0.2, 0.25) is 0 Å². The standard InChI is InChI=1S/C19H17FN4O2/c1-13-2-8-16(9-3-13)23-19(25)24-17-18(22-11-10-21-17)26-12-14-4-6-15(20)7-5-14/h2-11H,12H2,1H3,(H2,21,23,24,25). The minimum Gasteiger partial charge on any atom is -0.470 e. The molecule has 1 heterocycles. The fraction of sp³-hybridized carbons (Fsp3) is 0.105. The van der Waals surface area contributed by atoms with E-state index in [0.717, 1.165) is 11.1 Å². The summed E-state index contributed by atoms with van der Waals surface area (Å²) < 4.78 is 18.5. The highest BCUT2D eigenvalue weighted by Crippen LogP contribution is 2.19. The topological polar surface area (TPSA) is 76.1 Å². The summed E-state index contributed by atoms with van der Waals surface area (Å²) in [4.78, 5) is 20.3. The lowest BCUT2D eigenvalue weighted by Gasteiger charge is -2.11. The van der Waals surface area contributed by atoms with Crippen molar-refractivity contribution in [3.05, 3.63) is 77.9 Å². The molecule has 26 heavy (non-hydrogen) atoms. The molecule has 3 aromatic rings. The Labute approximate surface area is 150 Å². The van der Waals surface area contributed by atoms with Gasteiger partial charge in [-0.15, -0.1) is 0 Å². The number of carbonyl (C=O) groups is 1. The predicted octanol–water partition coefficient (Wildman–Crippen LogP) is 4.15. The van der Waals surface area contributed by atoms with Crippen molar-refractivity contribution in [1.29, 1.82) is 0 Å². The van der Waals surface area contributed by atoms with E-state index in [0.29, 0.717) is 5.69 Å². The van der Waals surface area contributed by atoms with Gasteiger partial charge in [-0.1, -0.05) is 29.8 Å². The van der Waals surface area contributed by atoms with E-state index in [1.165, 1.54) is 24.5 Å². The van der Waals surface area contributed by atoms with Crippen molar-refractivity contribution < 1.29 is 13.9 Å². The average Bonchev–Trinajstić information content (AvgIpc) is 2.64. The molecule has 2 N–H and O–H groups in total. The molecular weight excluding hydrogens is 335 g/mol. The van der Waals surface area contributed by atoms with Gasteiger partial charge in [0.15, 0.2) is 5.82 Å². The van der Waals surface area contributed by atoms with Crippen molar-refractivity contribution in [1.82, 2.24) is 9.97 Å². The number of nitrogens with zero attached hydrogens (tertiary/aromatic N) is 2. The first-order valence-electron chi connectivity index (χ1n) is 7.93. The molecule has 7 heteroatoms. The maximum atomic E-state index is 12.9. The molecule has 0 saturated carbocycles. The summed E-state index contributed by atoms with van der Waals surface area (Å²) in [5.74, 6) is 0.0542. The van der Waals surface area contributed by atoms with Crippen LogP contribution in [-0.2, 0) is 6.61 Å². The van der Waals surface area contributed by atoms with Crippen LogP contribution in [0.15, 0.2) is 60.9 Å². The van der Waals surface area contributed by atoms with Crippen molar-refractivity contribution in [3.8, 4) is 5.88 Å². The van der Waals surface area contributed by atoms with Crippen molar-refractivity contribution in [2.24, 2.45) is 0 Å². The molecule has 1 aromatic heterocycles. The van der Waals surface area contributed by atoms with Gasteiger partial charge in [-0.3, -0.25) is 5.32 Å². The molecular formula is C19H17FN4O2. The van der Waals surface area contributed by atoms with Crippen LogP contribution in [0, 0.1) is 12.7 Å². The van der Waals surface area contributed by atoms with Crippen molar-refractivity contribution >= 4 is 17.5 Å². The molecule has 0 radical (unpaired) electrons. The Morgan fingerprint density at radius 2 is 1.69 bits per heavy atom. The minimum atomic E-state index is -0.457. The van der Waals surface area contributed by atoms with E-state index in [9.17, 15) is 9.18 Å². The molecule has 3 rings (SSSR count). The lowest BCUT2D eigenvalue weighted by molar-refractivity contribution is 0.261. The number of ether oxygens (including phenoxy) is 1. The number of aromatic nitrogens is 2. The van der Waals surface area contributed by atoms with Gasteiger partial charge >= 0.3 is 6.03 Å². The second-order valence-corrected chi connectivity index (χ2v) is 5.57. The second kappa shape index (κ2) is 8.06. The Kier molecular flexibility index (Phi) is 5.38. The number of carbonyl (C=O) groups excluding carboxylic acids is 1. The molecule has 0 aliphatic carbocycles. The maximum absolute atomic E-state index is 12.9. The monoisotopic (exact) mass is 352 g/mol. The summed E-state index contributed by atoms with van der Waals surface area (Å²) in [6.07, 6.45) is 2.91. The van der Waals surface area contributed by atoms with Crippen LogP contribution < -0.4 is 15.4 Å². The SMILES string of the molecule is Cc1ccc(NC(=O)Nc2nccnc2OCc2ccc(F)cc2)cc1. The minimum absolute atomic E-state index is 0.174. The number of nitrogens with one attached hydrogen (secondary N) is 2. The van der Waals surface area contributed by atoms with Gasteiger partial charge < -0.3 is 10.1 Å². The molecule has 2 amide bonds. The second-order valence-electron chi connectivity index (χ2n) is 5.57. The number of benzene rings is 2. The maximum Gasteiger partial charge on any atom is 0.324 e. The Balaban J connectivity index is 1.63. The molecule has 0 spiro atoms. The van der Waals surface area contributed by atoms with Gasteiger partial charge in [0, 0.05) is 18.1 Å². The van der Waals surface area contributed by atoms with Crippen LogP contribution in [0.3, 0.4) is 0 Å². The largest absolute Gasteiger partial charge is 0.470 e. The predicted molar refractivity (Wildman–Crippen MR) is 96.6 cm³/mol. The smallest absolute Gasteiger partial charge is 0.324 e. The Morgan fingerprint density at radius 3 is 2.42 bits per heavy atom. The van der Waals surface area contributed by atoms with E-state index >= 15 is 0 Å². The molecule has 0 bridgehead atoms. The summed E-state index contributed by atoms with van der Waals surface area (Å²) in [5.41, 5.74) is 2.53. The number of anilines is 2. The number of hydrogen-bond acceptors (Lipinski definition) is 4. The molecule has 0 fully saturated rings. The Hall–Kier alpha value is -3.48. The van der Waals surface area contributed by atoms with Crippen LogP contribution in [0.2, 0.25) is 0 Å². The lowest BCUT2D eigenvalue weighted by Crippen LogP contribution is -2.21. The van der Waals surface area contributed by atoms with Crippen LogP contribution in [0.1, 0.15) is 11.1 Å². The first-order valence-corrected chi connectivity index (χ1v) is 7.93. The number of urea groups is 1. The lowest BCUT2D eigenvalue weighted by atomic mass is 10.2. The van der Waals surface area contributed by atoms with Gasteiger partial charge in [-0.2, -0.15) is 0 Å². The van der Waals surface area contributed by atoms with E-state index in [1.807, 2.05) is 19.1 Å². The molecule has 132 valence electrons. The van der Waals surface area contributed by atoms with E-state index in [1.54, 1.807) is 24.3 Å². The van der Waals surface area contributed by atoms with Crippen LogP contribution >= 0.6 is 0 Å². The molecule has 0 atom stereocenters. The first kappa shape index (κ1) is 17.3. The molecule has 2 aromatic carbocycles. The third-order valence-electron chi connectivity index (χ3n) is 3.49. The zero-order valence-corrected chi connectivity index (χ0v) is 14.1. The van der Waals surface area contributed by atoms with Gasteiger partial charge in [-0.05, 0) is 36.8 Å². The van der Waals surface area contributed by atoms with E-state index in [4.69, 9.17) is 4.74 Å². The number of halogens is 1. The first-order chi connectivity index (χ1) is 12.6. The summed E-state index contributed by atoms with van der Waals surface area (Å²) >= 11 is 0. The number of rotatable bonds is 5. The number of aryl methyl sites for hydroxylation is 1. The summed E-state index contributed by atoms with van der Waals surface area (Å²) in [7, 11) is 0. The van der Waals surface area contributed by atoms with Gasteiger partial charge in [0.25, 0.3) is 5.88 Å². The molecule has 0 aliphatic rings. The average molecular weight is 352 g/mol. The Bertz CT molecular complexity index is 883. The highest BCUT2D eigenvalue weighted by Gasteiger charge is 2.11. The number of amides is 2. The Morgan fingerprint density at radius 1 is 1.00 bits per heavy atom. The third kappa shape index (κ3) is 4.76. The van der Waals surface area contributed by atoms with Gasteiger partial charge in [-0.25, -0.2) is 19.2 Å². The van der Waals surface area contributed by atoms with E-state index in [-0.39, 0.29) is 24.1 Å². The van der Waals surface area contributed by atoms with E-state index in [2.05, 4.69) is 20.6 Å². The van der Waals surface area contributed by atoms with Gasteiger partial charge in [0.1, 0.15) is 12.4 Å². The molecule has 0 aliphatic heterocycles. The highest BCUT2D eigenvalue weighted by molar-refractivity contribution is 5.99. The van der Waals surface area contributed by atoms with E-state index < -0.39 is 6.03 Å². The summed E-state index contributed by atoms with van der Waals surface area (Å²) in [5, 5.41) is 5.32. The van der Waals surface area contributed by atoms with Crippen LogP contribution in [0.4, 0.5) is 20.7 Å². The molecule has 6 nitrogen and oxygen atoms in total. The highest BCUT2D eigenvalue weighted by atomic mass is 19.1. The zero-order chi connectivity index (χ0) is 18.4. The van der Waals surface area contributed by atoms with Crippen LogP contribution in [0.5, 0.6) is 5.88 Å². The fourth-order valence-electron chi connectivity index (χ4n) is 2.16. The quantitative estimate of drug-likeness (QED) is 0.723.